The molecule has 2 aromatic carbocycles. The van der Waals surface area contributed by atoms with E-state index in [1.807, 2.05) is 24.7 Å². The average molecular weight is 654 g/mol. The summed E-state index contributed by atoms with van der Waals surface area (Å²) >= 11 is 6.01. The first-order chi connectivity index (χ1) is 22.6. The molecular weight excluding hydrogens is 618 g/mol. The fourth-order valence-corrected chi connectivity index (χ4v) is 6.32. The van der Waals surface area contributed by atoms with E-state index >= 15 is 0 Å². The number of halogens is 1. The van der Waals surface area contributed by atoms with Crippen LogP contribution in [-0.2, 0) is 26.2 Å². The monoisotopic (exact) mass is 653 g/mol. The maximum absolute atomic E-state index is 11.8. The summed E-state index contributed by atoms with van der Waals surface area (Å²) in [6.45, 7) is 9.41. The first-order valence-electron chi connectivity index (χ1n) is 15.5. The van der Waals surface area contributed by atoms with Crippen LogP contribution in [0, 0.1) is 11.3 Å². The molecule has 0 saturated carbocycles. The molecule has 1 aliphatic rings. The number of aryl methyl sites for hydroxylation is 1. The lowest BCUT2D eigenvalue weighted by Crippen LogP contribution is -2.52. The van der Waals surface area contributed by atoms with Gasteiger partial charge in [-0.15, -0.1) is 0 Å². The minimum Gasteiger partial charge on any atom is -0.490 e. The summed E-state index contributed by atoms with van der Waals surface area (Å²) in [6, 6.07) is 15.9. The van der Waals surface area contributed by atoms with Gasteiger partial charge in [0.25, 0.3) is 0 Å². The summed E-state index contributed by atoms with van der Waals surface area (Å²) in [4.78, 5) is 28.0. The van der Waals surface area contributed by atoms with Gasteiger partial charge in [-0.3, -0.25) is 9.88 Å². The number of hydrogen-bond donors (Lipinski definition) is 1. The number of pyridine rings is 1. The van der Waals surface area contributed by atoms with Gasteiger partial charge in [0.05, 0.1) is 53.0 Å². The van der Waals surface area contributed by atoms with E-state index in [0.717, 1.165) is 48.5 Å². The lowest BCUT2D eigenvalue weighted by Gasteiger charge is -2.45. The second kappa shape index (κ2) is 13.4. The minimum absolute atomic E-state index is 0.00489. The number of imidazole rings is 2. The van der Waals surface area contributed by atoms with Crippen molar-refractivity contribution in [1.82, 2.24) is 29.0 Å². The van der Waals surface area contributed by atoms with E-state index in [0.29, 0.717) is 40.9 Å². The number of carboxylic acid groups (broad SMARTS) is 1. The van der Waals surface area contributed by atoms with E-state index in [1.54, 1.807) is 42.6 Å². The third-order valence-electron chi connectivity index (χ3n) is 8.70. The van der Waals surface area contributed by atoms with Crippen LogP contribution in [0.25, 0.3) is 11.0 Å². The molecule has 0 aliphatic carbocycles. The summed E-state index contributed by atoms with van der Waals surface area (Å²) in [5.41, 5.74) is 3.67. The Morgan fingerprint density at radius 3 is 2.79 bits per heavy atom. The first-order valence-corrected chi connectivity index (χ1v) is 15.9. The zero-order valence-electron chi connectivity index (χ0n) is 26.6. The number of nitriles is 1. The number of benzene rings is 2. The Kier molecular flexibility index (Phi) is 9.16. The molecule has 5 aromatic rings. The minimum atomic E-state index is -0.966. The van der Waals surface area contributed by atoms with E-state index in [1.165, 1.54) is 0 Å². The van der Waals surface area contributed by atoms with Crippen LogP contribution in [0.2, 0.25) is 5.02 Å². The number of ether oxygens (including phenoxy) is 2. The molecule has 0 radical (unpaired) electrons. The molecule has 1 N–H and O–H groups in total. The molecule has 0 amide bonds. The summed E-state index contributed by atoms with van der Waals surface area (Å²) in [6.07, 6.45) is 6.98. The zero-order valence-corrected chi connectivity index (χ0v) is 27.3. The molecule has 242 valence electrons. The lowest BCUT2D eigenvalue weighted by molar-refractivity contribution is 0.00146. The highest BCUT2D eigenvalue weighted by Crippen LogP contribution is 2.33. The number of likely N-dealkylation sites (tertiary alicyclic amines) is 1. The quantitative estimate of drug-likeness (QED) is 0.174. The first kappa shape index (κ1) is 32.0. The number of nitrogens with zero attached hydrogens (tertiary/aromatic N) is 7. The van der Waals surface area contributed by atoms with Gasteiger partial charge in [0.1, 0.15) is 36.1 Å². The Balaban J connectivity index is 1.16. The van der Waals surface area contributed by atoms with Crippen molar-refractivity contribution in [2.75, 3.05) is 6.54 Å². The van der Waals surface area contributed by atoms with Crippen molar-refractivity contribution < 1.29 is 19.4 Å². The van der Waals surface area contributed by atoms with Crippen molar-refractivity contribution in [3.8, 4) is 17.6 Å². The second-order valence-corrected chi connectivity index (χ2v) is 12.7. The third kappa shape index (κ3) is 7.09. The Hall–Kier alpha value is -4.92. The Morgan fingerprint density at radius 1 is 1.17 bits per heavy atom. The normalized spacial score (nSPS) is 16.2. The van der Waals surface area contributed by atoms with Crippen molar-refractivity contribution in [2.45, 2.75) is 71.5 Å². The van der Waals surface area contributed by atoms with Gasteiger partial charge in [0, 0.05) is 48.5 Å². The van der Waals surface area contributed by atoms with Crippen molar-refractivity contribution in [3.05, 3.63) is 101 Å². The smallest absolute Gasteiger partial charge is 0.335 e. The van der Waals surface area contributed by atoms with Crippen LogP contribution in [-0.4, -0.2) is 58.2 Å². The highest BCUT2D eigenvalue weighted by Gasteiger charge is 2.36. The summed E-state index contributed by atoms with van der Waals surface area (Å²) in [7, 11) is 0. The molecule has 4 heterocycles. The van der Waals surface area contributed by atoms with Gasteiger partial charge >= 0.3 is 5.97 Å². The Bertz CT molecular complexity index is 1960. The molecule has 1 atom stereocenters. The maximum Gasteiger partial charge on any atom is 0.335 e. The fraction of sp³-hybridized carbons (Fsp3) is 0.343. The molecular formula is C35H36ClN7O4. The number of carboxylic acids is 1. The number of rotatable bonds is 11. The maximum atomic E-state index is 11.8. The average Bonchev–Trinajstić information content (AvgIpc) is 3.65. The van der Waals surface area contributed by atoms with Crippen LogP contribution in [0.15, 0.2) is 67.3 Å². The van der Waals surface area contributed by atoms with Gasteiger partial charge in [-0.2, -0.15) is 5.26 Å². The summed E-state index contributed by atoms with van der Waals surface area (Å²) in [5.74, 6) is 1.07. The van der Waals surface area contributed by atoms with Gasteiger partial charge in [0.15, 0.2) is 0 Å². The predicted molar refractivity (Wildman–Crippen MR) is 177 cm³/mol. The van der Waals surface area contributed by atoms with E-state index < -0.39 is 5.97 Å². The highest BCUT2D eigenvalue weighted by molar-refractivity contribution is 6.30. The highest BCUT2D eigenvalue weighted by atomic mass is 35.5. The van der Waals surface area contributed by atoms with Crippen molar-refractivity contribution in [2.24, 2.45) is 0 Å². The van der Waals surface area contributed by atoms with Crippen molar-refractivity contribution >= 4 is 28.6 Å². The Labute approximate surface area is 278 Å². The number of aromatic carboxylic acids is 1. The van der Waals surface area contributed by atoms with Crippen LogP contribution >= 0.6 is 11.6 Å². The second-order valence-electron chi connectivity index (χ2n) is 12.3. The molecule has 12 heteroatoms. The molecule has 47 heavy (non-hydrogen) atoms. The zero-order chi connectivity index (χ0) is 33.1. The van der Waals surface area contributed by atoms with Crippen molar-refractivity contribution in [1.29, 1.82) is 5.26 Å². The molecule has 6 rings (SSSR count). The number of piperidine rings is 1. The van der Waals surface area contributed by atoms with E-state index in [9.17, 15) is 15.2 Å². The van der Waals surface area contributed by atoms with Crippen LogP contribution in [0.3, 0.4) is 0 Å². The fourth-order valence-electron chi connectivity index (χ4n) is 6.15. The molecule has 0 bridgehead atoms. The summed E-state index contributed by atoms with van der Waals surface area (Å²) < 4.78 is 16.5. The number of aromatic nitrogens is 5. The molecule has 1 aliphatic heterocycles. The standard InChI is InChI=1S/C35H36ClN7O4/c1-4-41-22-38-18-27(41)19-43-31-14-23(34(44)45)5-7-30(31)40-33(43)20-42-12-10-29(16-35(42,2)3)47-28-9-11-39-26(15-28)21-46-32-8-6-25(36)13-24(32)17-37/h5-9,11,13-15,18,22,29H,4,10,12,16,19-21H2,1-3H3,(H,44,45). The van der Waals surface area contributed by atoms with Crippen LogP contribution in [0.4, 0.5) is 0 Å². The van der Waals surface area contributed by atoms with Crippen LogP contribution < -0.4 is 9.47 Å². The van der Waals surface area contributed by atoms with Gasteiger partial charge in [0.2, 0.25) is 0 Å². The van der Waals surface area contributed by atoms with Crippen LogP contribution in [0.1, 0.15) is 66.7 Å². The van der Waals surface area contributed by atoms with Gasteiger partial charge < -0.3 is 23.7 Å². The lowest BCUT2D eigenvalue weighted by atomic mass is 9.88. The van der Waals surface area contributed by atoms with E-state index in [4.69, 9.17) is 26.1 Å². The molecule has 1 fully saturated rings. The molecule has 3 aromatic heterocycles. The topological polar surface area (TPSA) is 131 Å². The SMILES string of the molecule is CCn1cncc1Cn1c(CN2CCC(Oc3ccnc(COc4ccc(Cl)cc4C#N)c3)CC2(C)C)nc2ccc(C(=O)O)cc21. The Morgan fingerprint density at radius 2 is 2.02 bits per heavy atom. The summed E-state index contributed by atoms with van der Waals surface area (Å²) in [5, 5.41) is 19.5. The molecule has 0 spiro atoms. The largest absolute Gasteiger partial charge is 0.490 e. The number of hydrogen-bond acceptors (Lipinski definition) is 8. The van der Waals surface area contributed by atoms with Gasteiger partial charge in [-0.25, -0.2) is 14.8 Å². The van der Waals surface area contributed by atoms with E-state index in [2.05, 4.69) is 50.8 Å². The van der Waals surface area contributed by atoms with Crippen LogP contribution in [0.5, 0.6) is 11.5 Å². The predicted octanol–water partition coefficient (Wildman–Crippen LogP) is 6.32. The van der Waals surface area contributed by atoms with Crippen molar-refractivity contribution in [3.63, 3.8) is 0 Å². The molecule has 1 unspecified atom stereocenters. The van der Waals surface area contributed by atoms with Gasteiger partial charge in [-0.1, -0.05) is 11.6 Å². The molecule has 11 nitrogen and oxygen atoms in total. The van der Waals surface area contributed by atoms with Gasteiger partial charge in [-0.05, 0) is 69.7 Å². The number of carbonyl (C=O) groups is 1. The molecule has 1 saturated heterocycles. The number of fused-ring (bicyclic) bond motifs is 1. The van der Waals surface area contributed by atoms with E-state index in [-0.39, 0.29) is 23.8 Å². The third-order valence-corrected chi connectivity index (χ3v) is 8.93.